The van der Waals surface area contributed by atoms with E-state index in [1.54, 1.807) is 26.0 Å². The molecule has 2 saturated carbocycles. The second kappa shape index (κ2) is 9.36. The molecule has 7 unspecified atom stereocenters. The van der Waals surface area contributed by atoms with Crippen LogP contribution >= 0.6 is 0 Å². The van der Waals surface area contributed by atoms with Crippen LogP contribution in [-0.4, -0.2) is 60.6 Å². The fourth-order valence-electron chi connectivity index (χ4n) is 7.01. The summed E-state index contributed by atoms with van der Waals surface area (Å²) in [6, 6.07) is 0. The number of hydrogen-bond donors (Lipinski definition) is 1. The van der Waals surface area contributed by atoms with E-state index in [2.05, 4.69) is 13.8 Å². The third kappa shape index (κ3) is 4.22. The normalized spacial score (nSPS) is 40.6. The summed E-state index contributed by atoms with van der Waals surface area (Å²) in [5.41, 5.74) is -0.566. The highest BCUT2D eigenvalue weighted by molar-refractivity contribution is 5.87. The zero-order chi connectivity index (χ0) is 25.6. The Kier molecular flexibility index (Phi) is 6.92. The maximum absolute atomic E-state index is 12.7. The number of rotatable bonds is 7. The number of hydrogen-bond acceptors (Lipinski definition) is 8. The number of esters is 3. The highest BCUT2D eigenvalue weighted by atomic mass is 16.6. The van der Waals surface area contributed by atoms with Crippen LogP contribution in [0.3, 0.4) is 0 Å². The second-order valence-corrected chi connectivity index (χ2v) is 11.1. The zero-order valence-electron chi connectivity index (χ0n) is 21.4. The van der Waals surface area contributed by atoms with Gasteiger partial charge in [0.2, 0.25) is 0 Å². The molecule has 8 heteroatoms. The molecule has 7 atom stereocenters. The largest absolute Gasteiger partial charge is 0.462 e. The fourth-order valence-corrected chi connectivity index (χ4v) is 7.01. The van der Waals surface area contributed by atoms with E-state index in [1.165, 1.54) is 6.92 Å². The van der Waals surface area contributed by atoms with E-state index >= 15 is 0 Å². The summed E-state index contributed by atoms with van der Waals surface area (Å²) < 4.78 is 23.0. The minimum atomic E-state index is -0.923. The molecule has 1 spiro atoms. The zero-order valence-corrected chi connectivity index (χ0v) is 21.4. The molecule has 8 nitrogen and oxygen atoms in total. The minimum absolute atomic E-state index is 0.00326. The number of aliphatic hydroxyl groups is 1. The van der Waals surface area contributed by atoms with Crippen LogP contribution in [-0.2, 0) is 33.3 Å². The van der Waals surface area contributed by atoms with Gasteiger partial charge >= 0.3 is 17.9 Å². The third-order valence-electron chi connectivity index (χ3n) is 9.41. The van der Waals surface area contributed by atoms with Crippen LogP contribution in [0.25, 0.3) is 0 Å². The van der Waals surface area contributed by atoms with Crippen LogP contribution in [0.5, 0.6) is 0 Å². The first-order valence-electron chi connectivity index (χ1n) is 12.7. The number of ether oxygens (including phenoxy) is 4. The molecule has 3 fully saturated rings. The van der Waals surface area contributed by atoms with Gasteiger partial charge in [-0.1, -0.05) is 19.9 Å². The molecule has 35 heavy (non-hydrogen) atoms. The van der Waals surface area contributed by atoms with Crippen molar-refractivity contribution in [1.82, 2.24) is 0 Å². The van der Waals surface area contributed by atoms with Gasteiger partial charge in [-0.25, -0.2) is 9.59 Å². The molecule has 2 heterocycles. The van der Waals surface area contributed by atoms with Crippen molar-refractivity contribution in [2.24, 2.45) is 22.7 Å². The lowest BCUT2D eigenvalue weighted by Crippen LogP contribution is -2.70. The van der Waals surface area contributed by atoms with E-state index in [9.17, 15) is 19.5 Å². The summed E-state index contributed by atoms with van der Waals surface area (Å²) in [7, 11) is 0. The van der Waals surface area contributed by atoms with Gasteiger partial charge in [0, 0.05) is 18.6 Å². The first kappa shape index (κ1) is 25.9. The number of aliphatic hydroxyl groups excluding tert-OH is 1. The molecule has 0 aromatic rings. The third-order valence-corrected chi connectivity index (χ3v) is 9.41. The molecule has 1 N–H and O–H groups in total. The molecule has 1 saturated heterocycles. The molecule has 0 bridgehead atoms. The Bertz CT molecular complexity index is 947. The molecule has 0 radical (unpaired) electrons. The Morgan fingerprint density at radius 2 is 2.00 bits per heavy atom. The lowest BCUT2D eigenvalue weighted by atomic mass is 9.42. The van der Waals surface area contributed by atoms with Crippen molar-refractivity contribution < 1.29 is 38.4 Å². The number of epoxide rings is 1. The molecular weight excluding hydrogens is 452 g/mol. The number of carbonyl (C=O) groups is 3. The predicted octanol–water partition coefficient (Wildman–Crippen LogP) is 3.26. The topological polar surface area (TPSA) is 112 Å². The van der Waals surface area contributed by atoms with Crippen LogP contribution in [0.2, 0.25) is 0 Å². The molecule has 0 amide bonds. The minimum Gasteiger partial charge on any atom is -0.462 e. The van der Waals surface area contributed by atoms with Crippen LogP contribution in [0, 0.1) is 22.7 Å². The van der Waals surface area contributed by atoms with Gasteiger partial charge in [-0.2, -0.15) is 0 Å². The van der Waals surface area contributed by atoms with Crippen molar-refractivity contribution in [3.63, 3.8) is 0 Å². The van der Waals surface area contributed by atoms with Gasteiger partial charge in [0.1, 0.15) is 24.9 Å². The van der Waals surface area contributed by atoms with Gasteiger partial charge < -0.3 is 24.1 Å². The maximum Gasteiger partial charge on any atom is 0.333 e. The maximum atomic E-state index is 12.7. The monoisotopic (exact) mass is 490 g/mol. The van der Waals surface area contributed by atoms with Crippen molar-refractivity contribution in [1.29, 1.82) is 0 Å². The smallest absolute Gasteiger partial charge is 0.333 e. The van der Waals surface area contributed by atoms with Crippen molar-refractivity contribution in [2.75, 3.05) is 19.8 Å². The van der Waals surface area contributed by atoms with E-state index in [-0.39, 0.29) is 29.8 Å². The molecule has 4 rings (SSSR count). The van der Waals surface area contributed by atoms with E-state index < -0.39 is 35.2 Å². The molecule has 2 aliphatic heterocycles. The molecule has 0 aromatic heterocycles. The Balaban J connectivity index is 1.75. The van der Waals surface area contributed by atoms with Gasteiger partial charge in [0.25, 0.3) is 0 Å². The summed E-state index contributed by atoms with van der Waals surface area (Å²) in [5, 5.41) is 11.2. The summed E-state index contributed by atoms with van der Waals surface area (Å²) >= 11 is 0. The summed E-state index contributed by atoms with van der Waals surface area (Å²) in [5.74, 6) is -0.981. The molecule has 2 aliphatic carbocycles. The van der Waals surface area contributed by atoms with Crippen LogP contribution in [0.15, 0.2) is 23.3 Å². The Morgan fingerprint density at radius 3 is 2.57 bits per heavy atom. The average Bonchev–Trinajstić information content (AvgIpc) is 3.51. The van der Waals surface area contributed by atoms with Crippen molar-refractivity contribution in [3.05, 3.63) is 23.3 Å². The molecular formula is C27H38O8. The quantitative estimate of drug-likeness (QED) is 0.251. The van der Waals surface area contributed by atoms with E-state index in [1.807, 2.05) is 0 Å². The summed E-state index contributed by atoms with van der Waals surface area (Å²) in [4.78, 5) is 36.6. The highest BCUT2D eigenvalue weighted by Gasteiger charge is 2.77. The number of fused-ring (bicyclic) bond motifs is 2. The Morgan fingerprint density at radius 1 is 1.29 bits per heavy atom. The lowest BCUT2D eigenvalue weighted by Gasteiger charge is -2.63. The Labute approximate surface area is 207 Å². The SMILES string of the molecule is CC=C(C)C(=O)OCC12C(OC(C)=O)CC(C)C(C)(CCC3=CC(=O)OC3)C1CCC(O)C21CO1. The van der Waals surface area contributed by atoms with Gasteiger partial charge in [-0.3, -0.25) is 4.79 Å². The fraction of sp³-hybridized carbons (Fsp3) is 0.741. The molecule has 4 aliphatic rings. The lowest BCUT2D eigenvalue weighted by molar-refractivity contribution is -0.245. The molecule has 0 aromatic carbocycles. The van der Waals surface area contributed by atoms with Gasteiger partial charge in [0.05, 0.1) is 18.1 Å². The number of allylic oxidation sites excluding steroid dienone is 1. The van der Waals surface area contributed by atoms with Crippen molar-refractivity contribution in [3.8, 4) is 0 Å². The Hall–Kier alpha value is -2.19. The predicted molar refractivity (Wildman–Crippen MR) is 126 cm³/mol. The molecule has 194 valence electrons. The first-order chi connectivity index (χ1) is 16.5. The van der Waals surface area contributed by atoms with E-state index in [0.717, 1.165) is 12.0 Å². The standard InChI is InChI=1S/C27H38O8/c1-6-16(2)24(31)33-14-26-20(7-8-21(29)27(26)15-34-27)25(5,10-9-19-12-23(30)32-13-19)17(3)11-22(26)35-18(4)28/h6,12,17,20-22,29H,7-11,13-15H2,1-5H3. The van der Waals surface area contributed by atoms with Gasteiger partial charge in [-0.05, 0) is 68.8 Å². The summed E-state index contributed by atoms with van der Waals surface area (Å²) in [6.45, 7) is 9.94. The van der Waals surface area contributed by atoms with E-state index in [0.29, 0.717) is 44.5 Å². The van der Waals surface area contributed by atoms with Crippen molar-refractivity contribution in [2.45, 2.75) is 84.5 Å². The second-order valence-electron chi connectivity index (χ2n) is 11.1. The average molecular weight is 491 g/mol. The van der Waals surface area contributed by atoms with E-state index in [4.69, 9.17) is 18.9 Å². The highest BCUT2D eigenvalue weighted by Crippen LogP contribution is 2.69. The number of carbonyl (C=O) groups excluding carboxylic acids is 3. The summed E-state index contributed by atoms with van der Waals surface area (Å²) in [6.07, 6.45) is 5.32. The van der Waals surface area contributed by atoms with Crippen molar-refractivity contribution >= 4 is 17.9 Å². The first-order valence-corrected chi connectivity index (χ1v) is 12.7. The van der Waals surface area contributed by atoms with Crippen LogP contribution < -0.4 is 0 Å². The van der Waals surface area contributed by atoms with Gasteiger partial charge in [0.15, 0.2) is 0 Å². The number of cyclic esters (lactones) is 1. The van der Waals surface area contributed by atoms with Crippen LogP contribution in [0.4, 0.5) is 0 Å². The van der Waals surface area contributed by atoms with Gasteiger partial charge in [-0.15, -0.1) is 0 Å². The van der Waals surface area contributed by atoms with Crippen LogP contribution in [0.1, 0.15) is 66.7 Å².